The van der Waals surface area contributed by atoms with Crippen LogP contribution in [0.2, 0.25) is 0 Å². The number of hydrogen-bond acceptors (Lipinski definition) is 7. The zero-order valence-corrected chi connectivity index (χ0v) is 20.0. The van der Waals surface area contributed by atoms with Crippen molar-refractivity contribution in [1.82, 2.24) is 25.4 Å². The molecule has 0 unspecified atom stereocenters. The minimum absolute atomic E-state index is 0.0159. The molecule has 1 saturated carbocycles. The SMILES string of the molecule is CN(CC(=O)NC1CN(C2CCC(O)(c3cncs3)CC2)C1)c1n[nH]c2ccc(C(F)(F)F)cc12. The Kier molecular flexibility index (Phi) is 6.22. The molecule has 1 aliphatic heterocycles. The number of rotatable bonds is 6. The Hall–Kier alpha value is -2.70. The Labute approximate surface area is 204 Å². The Morgan fingerprint density at radius 2 is 2.09 bits per heavy atom. The first-order valence-electron chi connectivity index (χ1n) is 11.5. The summed E-state index contributed by atoms with van der Waals surface area (Å²) >= 11 is 1.49. The molecule has 3 aromatic rings. The first kappa shape index (κ1) is 24.0. The predicted molar refractivity (Wildman–Crippen MR) is 126 cm³/mol. The van der Waals surface area contributed by atoms with Crippen molar-refractivity contribution in [3.05, 3.63) is 40.3 Å². The summed E-state index contributed by atoms with van der Waals surface area (Å²) in [6.07, 6.45) is 0.483. The van der Waals surface area contributed by atoms with Gasteiger partial charge in [-0.3, -0.25) is 19.8 Å². The molecule has 12 heteroatoms. The molecule has 3 N–H and O–H groups in total. The van der Waals surface area contributed by atoms with Gasteiger partial charge in [0.05, 0.1) is 34.1 Å². The van der Waals surface area contributed by atoms with Gasteiger partial charge in [-0.15, -0.1) is 11.3 Å². The maximum absolute atomic E-state index is 13.1. The molecule has 0 radical (unpaired) electrons. The summed E-state index contributed by atoms with van der Waals surface area (Å²) in [5.41, 5.74) is 0.684. The largest absolute Gasteiger partial charge is 0.416 e. The first-order chi connectivity index (χ1) is 16.6. The Balaban J connectivity index is 1.11. The Bertz CT molecular complexity index is 1180. The van der Waals surface area contributed by atoms with E-state index >= 15 is 0 Å². The van der Waals surface area contributed by atoms with Gasteiger partial charge in [-0.25, -0.2) is 0 Å². The molecule has 1 saturated heterocycles. The van der Waals surface area contributed by atoms with Crippen LogP contribution >= 0.6 is 11.3 Å². The van der Waals surface area contributed by atoms with Crippen molar-refractivity contribution in [3.63, 3.8) is 0 Å². The molecule has 2 aromatic heterocycles. The van der Waals surface area contributed by atoms with Crippen molar-refractivity contribution in [2.75, 3.05) is 31.6 Å². The summed E-state index contributed by atoms with van der Waals surface area (Å²) in [6, 6.07) is 3.82. The maximum atomic E-state index is 13.1. The second-order valence-electron chi connectivity index (χ2n) is 9.51. The van der Waals surface area contributed by atoms with E-state index in [2.05, 4.69) is 25.4 Å². The number of anilines is 1. The van der Waals surface area contributed by atoms with E-state index in [-0.39, 0.29) is 18.5 Å². The highest BCUT2D eigenvalue weighted by molar-refractivity contribution is 7.09. The zero-order valence-electron chi connectivity index (χ0n) is 19.2. The van der Waals surface area contributed by atoms with Crippen LogP contribution < -0.4 is 10.2 Å². The lowest BCUT2D eigenvalue weighted by molar-refractivity contribution is -0.137. The first-order valence-corrected chi connectivity index (χ1v) is 12.4. The van der Waals surface area contributed by atoms with Crippen LogP contribution in [0, 0.1) is 0 Å². The lowest BCUT2D eigenvalue weighted by Gasteiger charge is -2.48. The van der Waals surface area contributed by atoms with Gasteiger partial charge in [0.15, 0.2) is 5.82 Å². The van der Waals surface area contributed by atoms with Crippen molar-refractivity contribution in [2.24, 2.45) is 0 Å². The average molecular weight is 509 g/mol. The molecule has 2 aliphatic rings. The third-order valence-corrected chi connectivity index (χ3v) is 8.04. The lowest BCUT2D eigenvalue weighted by Crippen LogP contribution is -2.63. The van der Waals surface area contributed by atoms with E-state index in [9.17, 15) is 23.1 Å². The highest BCUT2D eigenvalue weighted by atomic mass is 32.1. The number of aromatic nitrogens is 3. The predicted octanol–water partition coefficient (Wildman–Crippen LogP) is 3.11. The minimum atomic E-state index is -4.45. The van der Waals surface area contributed by atoms with E-state index < -0.39 is 17.3 Å². The number of alkyl halides is 3. The van der Waals surface area contributed by atoms with Crippen LogP contribution in [0.25, 0.3) is 10.9 Å². The molecule has 1 aliphatic carbocycles. The molecule has 0 atom stereocenters. The normalized spacial score (nSPS) is 23.9. The second-order valence-corrected chi connectivity index (χ2v) is 10.4. The van der Waals surface area contributed by atoms with E-state index in [0.29, 0.717) is 35.6 Å². The van der Waals surface area contributed by atoms with Gasteiger partial charge >= 0.3 is 6.18 Å². The number of nitrogens with zero attached hydrogens (tertiary/aromatic N) is 4. The monoisotopic (exact) mass is 508 g/mol. The van der Waals surface area contributed by atoms with Gasteiger partial charge in [-0.1, -0.05) is 0 Å². The fourth-order valence-electron chi connectivity index (χ4n) is 5.07. The topological polar surface area (TPSA) is 97.4 Å². The molecular weight excluding hydrogens is 481 g/mol. The summed E-state index contributed by atoms with van der Waals surface area (Å²) in [5.74, 6) is 0.0932. The Morgan fingerprint density at radius 3 is 2.74 bits per heavy atom. The highest BCUT2D eigenvalue weighted by Crippen LogP contribution is 2.40. The molecule has 1 amide bonds. The van der Waals surface area contributed by atoms with Crippen LogP contribution in [0.5, 0.6) is 0 Å². The number of halogens is 3. The number of hydrogen-bond donors (Lipinski definition) is 3. The number of carbonyl (C=O) groups excluding carboxylic acids is 1. The van der Waals surface area contributed by atoms with Gasteiger partial charge < -0.3 is 15.3 Å². The number of thiazole rings is 1. The fourth-order valence-corrected chi connectivity index (χ4v) is 5.85. The number of aliphatic hydroxyl groups is 1. The number of benzene rings is 1. The summed E-state index contributed by atoms with van der Waals surface area (Å²) < 4.78 is 39.3. The molecule has 188 valence electrons. The van der Waals surface area contributed by atoms with Gasteiger partial charge in [-0.05, 0) is 43.9 Å². The second kappa shape index (κ2) is 9.07. The number of likely N-dealkylation sites (N-methyl/N-ethyl adjacent to an activating group) is 1. The van der Waals surface area contributed by atoms with Crippen LogP contribution in [0.3, 0.4) is 0 Å². The molecule has 35 heavy (non-hydrogen) atoms. The number of fused-ring (bicyclic) bond motifs is 1. The van der Waals surface area contributed by atoms with Crippen LogP contribution in [0.4, 0.5) is 19.0 Å². The Morgan fingerprint density at radius 1 is 1.34 bits per heavy atom. The van der Waals surface area contributed by atoms with Crippen molar-refractivity contribution in [3.8, 4) is 0 Å². The smallest absolute Gasteiger partial charge is 0.384 e. The fraction of sp³-hybridized carbons (Fsp3) is 0.522. The van der Waals surface area contributed by atoms with E-state index in [1.807, 2.05) is 0 Å². The van der Waals surface area contributed by atoms with Crippen molar-refractivity contribution >= 4 is 34.0 Å². The van der Waals surface area contributed by atoms with Crippen LogP contribution in [-0.4, -0.2) is 69.9 Å². The number of nitrogens with one attached hydrogen (secondary N) is 2. The molecule has 3 heterocycles. The third-order valence-electron chi connectivity index (χ3n) is 7.08. The van der Waals surface area contributed by atoms with Crippen molar-refractivity contribution in [1.29, 1.82) is 0 Å². The van der Waals surface area contributed by atoms with Gasteiger partial charge in [0.2, 0.25) is 5.91 Å². The minimum Gasteiger partial charge on any atom is -0.384 e. The summed E-state index contributed by atoms with van der Waals surface area (Å²) in [4.78, 5) is 21.5. The summed E-state index contributed by atoms with van der Waals surface area (Å²) in [5, 5.41) is 21.1. The number of likely N-dealkylation sites (tertiary alicyclic amines) is 1. The van der Waals surface area contributed by atoms with E-state index in [1.165, 1.54) is 17.4 Å². The molecule has 0 bridgehead atoms. The van der Waals surface area contributed by atoms with Gasteiger partial charge in [0.1, 0.15) is 5.60 Å². The van der Waals surface area contributed by atoms with Gasteiger partial charge in [0, 0.05) is 37.8 Å². The average Bonchev–Trinajstić information content (AvgIpc) is 3.46. The molecule has 2 fully saturated rings. The zero-order chi connectivity index (χ0) is 24.8. The van der Waals surface area contributed by atoms with E-state index in [1.54, 1.807) is 23.7 Å². The van der Waals surface area contributed by atoms with E-state index in [4.69, 9.17) is 0 Å². The van der Waals surface area contributed by atoms with Crippen LogP contribution in [0.1, 0.15) is 36.1 Å². The highest BCUT2D eigenvalue weighted by Gasteiger charge is 2.41. The summed E-state index contributed by atoms with van der Waals surface area (Å²) in [6.45, 7) is 1.48. The van der Waals surface area contributed by atoms with Crippen LogP contribution in [0.15, 0.2) is 29.9 Å². The van der Waals surface area contributed by atoms with E-state index in [0.717, 1.165) is 42.9 Å². The maximum Gasteiger partial charge on any atom is 0.416 e. The number of carbonyl (C=O) groups is 1. The number of aromatic amines is 1. The van der Waals surface area contributed by atoms with Gasteiger partial charge in [0.25, 0.3) is 0 Å². The summed E-state index contributed by atoms with van der Waals surface area (Å²) in [7, 11) is 1.63. The quantitative estimate of drug-likeness (QED) is 0.474. The van der Waals surface area contributed by atoms with Crippen molar-refractivity contribution < 1.29 is 23.1 Å². The number of amides is 1. The molecule has 1 aromatic carbocycles. The molecule has 0 spiro atoms. The molecular formula is C23H27F3N6O2S. The molecule has 5 rings (SSSR count). The van der Waals surface area contributed by atoms with Gasteiger partial charge in [-0.2, -0.15) is 18.3 Å². The van der Waals surface area contributed by atoms with Crippen molar-refractivity contribution in [2.45, 2.75) is 49.5 Å². The lowest BCUT2D eigenvalue weighted by atomic mass is 9.80. The number of H-pyrrole nitrogens is 1. The van der Waals surface area contributed by atoms with Crippen LogP contribution in [-0.2, 0) is 16.6 Å². The third kappa shape index (κ3) is 4.87. The molecule has 8 nitrogen and oxygen atoms in total. The standard InChI is InChI=1S/C23H27F3N6O2S/c1-31(21-17-8-14(23(24,25)26)2-3-18(17)29-30-21)12-20(33)28-15-10-32(11-15)16-4-6-22(34,7-5-16)19-9-27-13-35-19/h2-3,8-9,13,15-16,34H,4-7,10-12H2,1H3,(H,28,33)(H,29,30).